The van der Waals surface area contributed by atoms with Crippen molar-refractivity contribution >= 4 is 5.91 Å². The number of carbonyl (C=O) groups is 1. The number of hydrogen-bond donors (Lipinski definition) is 2. The van der Waals surface area contributed by atoms with Crippen molar-refractivity contribution in [3.05, 3.63) is 29.8 Å². The number of hydrogen-bond acceptors (Lipinski definition) is 3. The van der Waals surface area contributed by atoms with E-state index in [2.05, 4.69) is 0 Å². The largest absolute Gasteiger partial charge is 0.493 e. The van der Waals surface area contributed by atoms with Gasteiger partial charge in [-0.3, -0.25) is 4.79 Å². The Labute approximate surface area is 102 Å². The van der Waals surface area contributed by atoms with Gasteiger partial charge in [-0.25, -0.2) is 0 Å². The number of nitrogens with two attached hydrogens (primary N) is 2. The molecule has 94 valence electrons. The lowest BCUT2D eigenvalue weighted by Crippen LogP contribution is -2.25. The number of amides is 1. The summed E-state index contributed by atoms with van der Waals surface area (Å²) in [6.07, 6.45) is 0.845. The molecule has 0 saturated carbocycles. The highest BCUT2D eigenvalue weighted by Gasteiger charge is 2.09. The van der Waals surface area contributed by atoms with Crippen molar-refractivity contribution in [2.75, 3.05) is 6.61 Å². The van der Waals surface area contributed by atoms with Gasteiger partial charge in [0.25, 0.3) is 0 Å². The smallest absolute Gasteiger partial charge is 0.223 e. The van der Waals surface area contributed by atoms with Gasteiger partial charge in [0.2, 0.25) is 5.91 Å². The maximum Gasteiger partial charge on any atom is 0.223 e. The second-order valence-corrected chi connectivity index (χ2v) is 4.44. The van der Waals surface area contributed by atoms with Crippen molar-refractivity contribution in [1.29, 1.82) is 0 Å². The molecule has 0 aliphatic rings. The van der Waals surface area contributed by atoms with E-state index in [1.54, 1.807) is 6.92 Å². The van der Waals surface area contributed by atoms with Crippen molar-refractivity contribution in [2.45, 2.75) is 26.3 Å². The van der Waals surface area contributed by atoms with Crippen LogP contribution in [0.2, 0.25) is 0 Å². The van der Waals surface area contributed by atoms with Crippen LogP contribution in [-0.4, -0.2) is 18.6 Å². The first-order valence-corrected chi connectivity index (χ1v) is 5.75. The van der Waals surface area contributed by atoms with Crippen LogP contribution in [0.25, 0.3) is 0 Å². The third kappa shape index (κ3) is 4.87. The Hall–Kier alpha value is -1.55. The number of benzene rings is 1. The Balaban J connectivity index is 2.48. The number of carbonyl (C=O) groups excluding carboxylic acids is 1. The zero-order valence-corrected chi connectivity index (χ0v) is 10.3. The first kappa shape index (κ1) is 13.5. The van der Waals surface area contributed by atoms with Gasteiger partial charge in [0, 0.05) is 6.04 Å². The summed E-state index contributed by atoms with van der Waals surface area (Å²) in [6, 6.07) is 7.87. The zero-order chi connectivity index (χ0) is 12.8. The van der Waals surface area contributed by atoms with Crippen LogP contribution in [0.3, 0.4) is 0 Å². The first-order valence-electron chi connectivity index (χ1n) is 5.75. The summed E-state index contributed by atoms with van der Waals surface area (Å²) in [5.74, 6) is 0.115. The van der Waals surface area contributed by atoms with E-state index in [9.17, 15) is 4.79 Å². The van der Waals surface area contributed by atoms with Crippen LogP contribution in [0.4, 0.5) is 0 Å². The van der Waals surface area contributed by atoms with Crippen molar-refractivity contribution in [1.82, 2.24) is 0 Å². The molecule has 2 atom stereocenters. The van der Waals surface area contributed by atoms with Gasteiger partial charge in [0.15, 0.2) is 0 Å². The Bertz CT molecular complexity index is 360. The molecular formula is C13H20N2O2. The fourth-order valence-electron chi connectivity index (χ4n) is 1.40. The fourth-order valence-corrected chi connectivity index (χ4v) is 1.40. The SMILES string of the molecule is CC(N)Cc1ccc(OCC(C)C(N)=O)cc1. The lowest BCUT2D eigenvalue weighted by molar-refractivity contribution is -0.122. The minimum Gasteiger partial charge on any atom is -0.493 e. The summed E-state index contributed by atoms with van der Waals surface area (Å²) in [5, 5.41) is 0. The Kier molecular flexibility index (Phi) is 4.97. The number of primary amides is 1. The highest BCUT2D eigenvalue weighted by Crippen LogP contribution is 2.14. The molecule has 0 heterocycles. The van der Waals surface area contributed by atoms with Gasteiger partial charge in [-0.15, -0.1) is 0 Å². The molecule has 1 rings (SSSR count). The molecule has 1 aromatic rings. The molecule has 4 N–H and O–H groups in total. The molecule has 0 radical (unpaired) electrons. The molecule has 0 aromatic heterocycles. The topological polar surface area (TPSA) is 78.3 Å². The van der Waals surface area contributed by atoms with Gasteiger partial charge < -0.3 is 16.2 Å². The van der Waals surface area contributed by atoms with Crippen molar-refractivity contribution in [3.8, 4) is 5.75 Å². The van der Waals surface area contributed by atoms with Crippen molar-refractivity contribution in [2.24, 2.45) is 17.4 Å². The van der Waals surface area contributed by atoms with Crippen LogP contribution in [0.5, 0.6) is 5.75 Å². The molecule has 1 aromatic carbocycles. The average molecular weight is 236 g/mol. The molecule has 0 saturated heterocycles. The van der Waals surface area contributed by atoms with Gasteiger partial charge in [0.1, 0.15) is 5.75 Å². The number of rotatable bonds is 6. The predicted octanol–water partition coefficient (Wildman–Crippen LogP) is 1.08. The van der Waals surface area contributed by atoms with Crippen molar-refractivity contribution < 1.29 is 9.53 Å². The first-order chi connectivity index (χ1) is 7.99. The van der Waals surface area contributed by atoms with Crippen LogP contribution in [-0.2, 0) is 11.2 Å². The molecule has 17 heavy (non-hydrogen) atoms. The molecule has 0 bridgehead atoms. The van der Waals surface area contributed by atoms with Crippen LogP contribution in [0, 0.1) is 5.92 Å². The molecule has 4 nitrogen and oxygen atoms in total. The van der Waals surface area contributed by atoms with Crippen LogP contribution in [0.1, 0.15) is 19.4 Å². The lowest BCUT2D eigenvalue weighted by Gasteiger charge is -2.11. The second kappa shape index (κ2) is 6.25. The van der Waals surface area contributed by atoms with E-state index in [-0.39, 0.29) is 17.9 Å². The van der Waals surface area contributed by atoms with Crippen LogP contribution >= 0.6 is 0 Å². The predicted molar refractivity (Wildman–Crippen MR) is 67.6 cm³/mol. The summed E-state index contributed by atoms with van der Waals surface area (Å²) >= 11 is 0. The highest BCUT2D eigenvalue weighted by molar-refractivity contribution is 5.76. The summed E-state index contributed by atoms with van der Waals surface area (Å²) in [7, 11) is 0. The fraction of sp³-hybridized carbons (Fsp3) is 0.462. The third-order valence-electron chi connectivity index (χ3n) is 2.47. The standard InChI is InChI=1S/C13H20N2O2/c1-9(13(15)16)8-17-12-5-3-11(4-6-12)7-10(2)14/h3-6,9-10H,7-8,14H2,1-2H3,(H2,15,16). The molecule has 4 heteroatoms. The quantitative estimate of drug-likeness (QED) is 0.775. The Morgan fingerprint density at radius 3 is 2.35 bits per heavy atom. The highest BCUT2D eigenvalue weighted by atomic mass is 16.5. The van der Waals surface area contributed by atoms with E-state index in [0.29, 0.717) is 6.61 Å². The Morgan fingerprint density at radius 1 is 1.29 bits per heavy atom. The van der Waals surface area contributed by atoms with Gasteiger partial charge in [-0.2, -0.15) is 0 Å². The van der Waals surface area contributed by atoms with E-state index in [1.807, 2.05) is 31.2 Å². The van der Waals surface area contributed by atoms with E-state index in [0.717, 1.165) is 12.2 Å². The van der Waals surface area contributed by atoms with Crippen LogP contribution in [0.15, 0.2) is 24.3 Å². The monoisotopic (exact) mass is 236 g/mol. The molecule has 0 spiro atoms. The molecule has 0 fully saturated rings. The van der Waals surface area contributed by atoms with Gasteiger partial charge in [0.05, 0.1) is 12.5 Å². The maximum absolute atomic E-state index is 10.8. The van der Waals surface area contributed by atoms with E-state index >= 15 is 0 Å². The van der Waals surface area contributed by atoms with E-state index < -0.39 is 0 Å². The minimum absolute atomic E-state index is 0.150. The molecule has 0 aliphatic heterocycles. The summed E-state index contributed by atoms with van der Waals surface area (Å²) in [6.45, 7) is 4.02. The zero-order valence-electron chi connectivity index (χ0n) is 10.3. The summed E-state index contributed by atoms with van der Waals surface area (Å²) in [4.78, 5) is 10.8. The van der Waals surface area contributed by atoms with E-state index in [1.165, 1.54) is 5.56 Å². The molecular weight excluding hydrogens is 216 g/mol. The molecule has 1 amide bonds. The summed E-state index contributed by atoms with van der Waals surface area (Å²) < 4.78 is 5.46. The molecule has 0 aliphatic carbocycles. The second-order valence-electron chi connectivity index (χ2n) is 4.44. The molecule has 2 unspecified atom stereocenters. The number of ether oxygens (including phenoxy) is 1. The third-order valence-corrected chi connectivity index (χ3v) is 2.47. The van der Waals surface area contributed by atoms with Gasteiger partial charge in [-0.1, -0.05) is 19.1 Å². The van der Waals surface area contributed by atoms with Crippen molar-refractivity contribution in [3.63, 3.8) is 0 Å². The van der Waals surface area contributed by atoms with Gasteiger partial charge in [-0.05, 0) is 31.0 Å². The summed E-state index contributed by atoms with van der Waals surface area (Å²) in [5.41, 5.74) is 12.0. The maximum atomic E-state index is 10.8. The normalized spacial score (nSPS) is 14.1. The lowest BCUT2D eigenvalue weighted by atomic mass is 10.1. The van der Waals surface area contributed by atoms with Crippen LogP contribution < -0.4 is 16.2 Å². The van der Waals surface area contributed by atoms with Gasteiger partial charge >= 0.3 is 0 Å². The van der Waals surface area contributed by atoms with E-state index in [4.69, 9.17) is 16.2 Å². The Morgan fingerprint density at radius 2 is 1.88 bits per heavy atom. The minimum atomic E-state index is -0.349. The average Bonchev–Trinajstić information content (AvgIpc) is 2.26.